The van der Waals surface area contributed by atoms with E-state index in [9.17, 15) is 14.7 Å². The van der Waals surface area contributed by atoms with Crippen molar-refractivity contribution in [3.8, 4) is 22.7 Å². The predicted octanol–water partition coefficient (Wildman–Crippen LogP) is 4.87. The SMILES string of the molecule is CC(C)(C)OC(=O)N[C@](C)(Cc1ccccc1)c1nnc(-c2cc(C(=O)O)cc(-c3cnccn3)c2)o1. The van der Waals surface area contributed by atoms with Gasteiger partial charge in [0, 0.05) is 29.9 Å². The molecule has 0 radical (unpaired) electrons. The summed E-state index contributed by atoms with van der Waals surface area (Å²) in [6.07, 6.45) is 4.29. The lowest BCUT2D eigenvalue weighted by Crippen LogP contribution is -2.47. The van der Waals surface area contributed by atoms with Gasteiger partial charge in [0.1, 0.15) is 11.1 Å². The highest BCUT2D eigenvalue weighted by Crippen LogP contribution is 2.31. The predicted molar refractivity (Wildman–Crippen MR) is 135 cm³/mol. The number of nitrogens with one attached hydrogen (secondary N) is 1. The molecule has 1 atom stereocenters. The van der Waals surface area contributed by atoms with Gasteiger partial charge in [-0.1, -0.05) is 30.3 Å². The van der Waals surface area contributed by atoms with Crippen LogP contribution in [-0.2, 0) is 16.7 Å². The summed E-state index contributed by atoms with van der Waals surface area (Å²) in [5.74, 6) is -0.889. The Hall–Kier alpha value is -4.60. The second-order valence-electron chi connectivity index (χ2n) is 9.73. The zero-order chi connectivity index (χ0) is 26.6. The highest BCUT2D eigenvalue weighted by atomic mass is 16.6. The van der Waals surface area contributed by atoms with Gasteiger partial charge in [0.2, 0.25) is 11.8 Å². The molecule has 0 unspecified atom stereocenters. The minimum absolute atomic E-state index is 0.0248. The summed E-state index contributed by atoms with van der Waals surface area (Å²) in [7, 11) is 0. The molecule has 1 amide bonds. The number of carboxylic acid groups (broad SMARTS) is 1. The van der Waals surface area contributed by atoms with Crippen molar-refractivity contribution in [2.45, 2.75) is 45.3 Å². The molecule has 37 heavy (non-hydrogen) atoms. The number of aromatic nitrogens is 4. The van der Waals surface area contributed by atoms with E-state index in [0.717, 1.165) is 5.56 Å². The second-order valence-corrected chi connectivity index (χ2v) is 9.73. The van der Waals surface area contributed by atoms with Gasteiger partial charge >= 0.3 is 12.1 Å². The highest BCUT2D eigenvalue weighted by Gasteiger charge is 2.36. The molecule has 2 N–H and O–H groups in total. The monoisotopic (exact) mass is 501 g/mol. The van der Waals surface area contributed by atoms with Crippen molar-refractivity contribution in [1.82, 2.24) is 25.5 Å². The summed E-state index contributed by atoms with van der Waals surface area (Å²) < 4.78 is 11.5. The number of nitrogens with zero attached hydrogens (tertiary/aromatic N) is 4. The number of benzene rings is 2. The molecule has 10 nitrogen and oxygen atoms in total. The molecule has 0 bridgehead atoms. The molecule has 0 aliphatic heterocycles. The lowest BCUT2D eigenvalue weighted by molar-refractivity contribution is 0.0443. The van der Waals surface area contributed by atoms with Crippen molar-refractivity contribution < 1.29 is 23.8 Å². The average molecular weight is 502 g/mol. The van der Waals surface area contributed by atoms with E-state index in [4.69, 9.17) is 9.15 Å². The lowest BCUT2D eigenvalue weighted by Gasteiger charge is -2.29. The summed E-state index contributed by atoms with van der Waals surface area (Å²) in [6, 6.07) is 14.2. The zero-order valence-corrected chi connectivity index (χ0v) is 20.9. The first-order chi connectivity index (χ1) is 17.5. The Kier molecular flexibility index (Phi) is 7.01. The largest absolute Gasteiger partial charge is 0.478 e. The first-order valence-electron chi connectivity index (χ1n) is 11.6. The number of hydrogen-bond acceptors (Lipinski definition) is 8. The number of amides is 1. The molecule has 0 aliphatic rings. The highest BCUT2D eigenvalue weighted by molar-refractivity contribution is 5.91. The fourth-order valence-electron chi connectivity index (χ4n) is 3.74. The Morgan fingerprint density at radius 1 is 1.00 bits per heavy atom. The smallest absolute Gasteiger partial charge is 0.408 e. The molecule has 2 heterocycles. The van der Waals surface area contributed by atoms with Gasteiger partial charge in [0.15, 0.2) is 0 Å². The van der Waals surface area contributed by atoms with Crippen molar-refractivity contribution in [2.75, 3.05) is 0 Å². The Balaban J connectivity index is 1.73. The van der Waals surface area contributed by atoms with Crippen LogP contribution in [0.15, 0.2) is 71.5 Å². The van der Waals surface area contributed by atoms with Crippen molar-refractivity contribution >= 4 is 12.1 Å². The molecule has 4 aromatic rings. The van der Waals surface area contributed by atoms with Gasteiger partial charge in [-0.25, -0.2) is 9.59 Å². The minimum Gasteiger partial charge on any atom is -0.478 e. The fraction of sp³-hybridized carbons (Fsp3) is 0.259. The topological polar surface area (TPSA) is 140 Å². The van der Waals surface area contributed by atoms with E-state index in [1.807, 2.05) is 30.3 Å². The minimum atomic E-state index is -1.12. The Morgan fingerprint density at radius 2 is 1.73 bits per heavy atom. The molecule has 0 saturated heterocycles. The van der Waals surface area contributed by atoms with Crippen molar-refractivity contribution in [2.24, 2.45) is 0 Å². The number of ether oxygens (including phenoxy) is 1. The van der Waals surface area contributed by atoms with E-state index in [1.165, 1.54) is 30.7 Å². The van der Waals surface area contributed by atoms with Crippen LogP contribution in [0.1, 0.15) is 49.5 Å². The molecular weight excluding hydrogens is 474 g/mol. The van der Waals surface area contributed by atoms with Crippen LogP contribution >= 0.6 is 0 Å². The van der Waals surface area contributed by atoms with Crippen LogP contribution in [0, 0.1) is 0 Å². The van der Waals surface area contributed by atoms with E-state index in [-0.39, 0.29) is 17.3 Å². The van der Waals surface area contributed by atoms with Crippen LogP contribution in [0.2, 0.25) is 0 Å². The van der Waals surface area contributed by atoms with Gasteiger partial charge in [-0.05, 0) is 51.5 Å². The molecule has 0 saturated carbocycles. The molecule has 2 aromatic carbocycles. The van der Waals surface area contributed by atoms with Gasteiger partial charge in [0.05, 0.1) is 17.5 Å². The molecule has 0 aliphatic carbocycles. The van der Waals surface area contributed by atoms with Gasteiger partial charge in [-0.15, -0.1) is 10.2 Å². The number of carboxylic acids is 1. The van der Waals surface area contributed by atoms with Crippen LogP contribution in [0.4, 0.5) is 4.79 Å². The first-order valence-corrected chi connectivity index (χ1v) is 11.6. The number of carbonyl (C=O) groups is 2. The Morgan fingerprint density at radius 3 is 2.38 bits per heavy atom. The van der Waals surface area contributed by atoms with Crippen LogP contribution < -0.4 is 5.32 Å². The summed E-state index contributed by atoms with van der Waals surface area (Å²) in [5.41, 5.74) is 0.543. The fourth-order valence-corrected chi connectivity index (χ4v) is 3.74. The third-order valence-corrected chi connectivity index (χ3v) is 5.36. The van der Waals surface area contributed by atoms with E-state index in [2.05, 4.69) is 25.5 Å². The average Bonchev–Trinajstić information content (AvgIpc) is 3.35. The number of carbonyl (C=O) groups excluding carboxylic acids is 1. The van der Waals surface area contributed by atoms with E-state index < -0.39 is 23.2 Å². The maximum Gasteiger partial charge on any atom is 0.408 e. The molecule has 0 fully saturated rings. The number of rotatable bonds is 7. The van der Waals surface area contributed by atoms with Crippen molar-refractivity contribution in [3.63, 3.8) is 0 Å². The normalized spacial score (nSPS) is 13.0. The number of aromatic carboxylic acids is 1. The van der Waals surface area contributed by atoms with Gasteiger partial charge in [-0.2, -0.15) is 0 Å². The van der Waals surface area contributed by atoms with Crippen LogP contribution in [0.25, 0.3) is 22.7 Å². The molecule has 4 rings (SSSR count). The maximum atomic E-state index is 12.7. The van der Waals surface area contributed by atoms with Gasteiger partial charge < -0.3 is 19.6 Å². The zero-order valence-electron chi connectivity index (χ0n) is 20.9. The quantitative estimate of drug-likeness (QED) is 0.363. The van der Waals surface area contributed by atoms with Gasteiger partial charge in [0.25, 0.3) is 0 Å². The van der Waals surface area contributed by atoms with E-state index in [0.29, 0.717) is 23.2 Å². The third kappa shape index (κ3) is 6.35. The van der Waals surface area contributed by atoms with Crippen molar-refractivity contribution in [3.05, 3.63) is 84.1 Å². The Labute approximate surface area is 213 Å². The molecule has 190 valence electrons. The van der Waals surface area contributed by atoms with E-state index in [1.54, 1.807) is 33.8 Å². The molecule has 10 heteroatoms. The third-order valence-electron chi connectivity index (χ3n) is 5.36. The van der Waals surface area contributed by atoms with Crippen LogP contribution in [-0.4, -0.2) is 42.9 Å². The molecule has 2 aromatic heterocycles. The second kappa shape index (κ2) is 10.2. The maximum absolute atomic E-state index is 12.7. The Bertz CT molecular complexity index is 1400. The van der Waals surface area contributed by atoms with Crippen LogP contribution in [0.3, 0.4) is 0 Å². The summed E-state index contributed by atoms with van der Waals surface area (Å²) in [5, 5.41) is 20.9. The summed E-state index contributed by atoms with van der Waals surface area (Å²) in [6.45, 7) is 7.09. The van der Waals surface area contributed by atoms with Crippen LogP contribution in [0.5, 0.6) is 0 Å². The molecular formula is C27H27N5O5. The van der Waals surface area contributed by atoms with Crippen molar-refractivity contribution in [1.29, 1.82) is 0 Å². The lowest BCUT2D eigenvalue weighted by atomic mass is 9.92. The summed E-state index contributed by atoms with van der Waals surface area (Å²) >= 11 is 0. The summed E-state index contributed by atoms with van der Waals surface area (Å²) in [4.78, 5) is 32.8. The number of hydrogen-bond donors (Lipinski definition) is 2. The van der Waals surface area contributed by atoms with E-state index >= 15 is 0 Å². The molecule has 0 spiro atoms. The first kappa shape index (κ1) is 25.5. The van der Waals surface area contributed by atoms with Gasteiger partial charge in [-0.3, -0.25) is 9.97 Å². The standard InChI is InChI=1S/C27H27N5O5/c1-26(2,3)37-25(35)30-27(4,15-17-8-6-5-7-9-17)24-32-31-22(36-24)19-12-18(13-20(14-19)23(33)34)21-16-28-10-11-29-21/h5-14,16H,15H2,1-4H3,(H,30,35)(H,33,34)/t27-/m1/s1. The number of alkyl carbamates (subject to hydrolysis) is 1.